The fourth-order valence-corrected chi connectivity index (χ4v) is 3.80. The highest BCUT2D eigenvalue weighted by Crippen LogP contribution is 2.30. The summed E-state index contributed by atoms with van der Waals surface area (Å²) in [4.78, 5) is 15.7. The molecule has 2 aromatic carbocycles. The third kappa shape index (κ3) is 5.44. The molecule has 0 bridgehead atoms. The van der Waals surface area contributed by atoms with Crippen molar-refractivity contribution in [2.45, 2.75) is 13.5 Å². The molecule has 4 aromatic rings. The Kier molecular flexibility index (Phi) is 7.32. The Morgan fingerprint density at radius 2 is 2.11 bits per heavy atom. The number of anilines is 3. The van der Waals surface area contributed by atoms with E-state index in [1.54, 1.807) is 19.4 Å². The number of aromatic nitrogens is 3. The normalized spacial score (nSPS) is 10.8. The lowest BCUT2D eigenvalue weighted by Gasteiger charge is -2.12. The van der Waals surface area contributed by atoms with E-state index in [9.17, 15) is 9.18 Å². The number of rotatable bonds is 10. The van der Waals surface area contributed by atoms with Gasteiger partial charge in [-0.1, -0.05) is 12.1 Å². The van der Waals surface area contributed by atoms with Gasteiger partial charge in [-0.3, -0.25) is 10.2 Å². The van der Waals surface area contributed by atoms with Crippen molar-refractivity contribution in [3.8, 4) is 0 Å². The standard InChI is InChI=1S/C25H26FN7O2/c1-15-22-21(32-23(15)25(34)28-8-9-35-2)14-30-33-24(22)31-19-6-7-20(17(11-19)12-27)29-13-16-4-3-5-18(26)10-16/h3-7,10-12,14,27,29,32H,8-9,13H2,1-2H3,(H,28,34)(H,31,33)/p+1. The van der Waals surface area contributed by atoms with Gasteiger partial charge in [0.1, 0.15) is 11.5 Å². The molecule has 0 spiro atoms. The molecule has 35 heavy (non-hydrogen) atoms. The Morgan fingerprint density at radius 3 is 2.89 bits per heavy atom. The summed E-state index contributed by atoms with van der Waals surface area (Å²) < 4.78 is 18.4. The van der Waals surface area contributed by atoms with Gasteiger partial charge in [-0.2, -0.15) is 5.10 Å². The molecule has 0 fully saturated rings. The fraction of sp³-hybridized carbons (Fsp3) is 0.200. The lowest BCUT2D eigenvalue weighted by molar-refractivity contribution is -0.104. The van der Waals surface area contributed by atoms with E-state index in [1.807, 2.05) is 31.2 Å². The van der Waals surface area contributed by atoms with Crippen molar-refractivity contribution in [3.05, 3.63) is 76.9 Å². The van der Waals surface area contributed by atoms with Crippen molar-refractivity contribution in [2.75, 3.05) is 30.9 Å². The molecule has 9 nitrogen and oxygen atoms in total. The summed E-state index contributed by atoms with van der Waals surface area (Å²) in [5.41, 5.74) is 5.02. The topological polar surface area (TPSA) is 130 Å². The summed E-state index contributed by atoms with van der Waals surface area (Å²) in [6.45, 7) is 3.14. The second-order valence-electron chi connectivity index (χ2n) is 7.93. The third-order valence-corrected chi connectivity index (χ3v) is 5.55. The molecule has 0 aliphatic carbocycles. The maximum atomic E-state index is 13.5. The maximum absolute atomic E-state index is 13.5. The average Bonchev–Trinajstić information content (AvgIpc) is 3.20. The minimum Gasteiger partial charge on any atom is -0.383 e. The van der Waals surface area contributed by atoms with E-state index in [0.717, 1.165) is 33.5 Å². The molecule has 0 atom stereocenters. The molecule has 0 aliphatic heterocycles. The van der Waals surface area contributed by atoms with Gasteiger partial charge in [0, 0.05) is 37.0 Å². The van der Waals surface area contributed by atoms with Gasteiger partial charge in [0.25, 0.3) is 5.91 Å². The zero-order chi connectivity index (χ0) is 24.8. The van der Waals surface area contributed by atoms with Crippen LogP contribution in [0.5, 0.6) is 0 Å². The Morgan fingerprint density at radius 1 is 1.26 bits per heavy atom. The number of aryl methyl sites for hydroxylation is 1. The first kappa shape index (κ1) is 23.8. The number of nitrogens with one attached hydrogen (secondary N) is 4. The van der Waals surface area contributed by atoms with Crippen molar-refractivity contribution in [1.29, 1.82) is 0 Å². The molecule has 0 saturated heterocycles. The van der Waals surface area contributed by atoms with Crippen LogP contribution in [-0.2, 0) is 11.3 Å². The number of aromatic amines is 1. The van der Waals surface area contributed by atoms with Crippen molar-refractivity contribution < 1.29 is 19.3 Å². The van der Waals surface area contributed by atoms with Gasteiger partial charge in [-0.15, -0.1) is 5.10 Å². The van der Waals surface area contributed by atoms with Crippen LogP contribution >= 0.6 is 0 Å². The summed E-state index contributed by atoms with van der Waals surface area (Å²) >= 11 is 0. The molecule has 180 valence electrons. The number of halogens is 1. The number of methoxy groups -OCH3 is 1. The Balaban J connectivity index is 1.55. The number of nitrogens with two attached hydrogens (primary N) is 1. The number of ether oxygens (including phenoxy) is 1. The Labute approximate surface area is 201 Å². The highest BCUT2D eigenvalue weighted by Gasteiger charge is 2.18. The number of carbonyl (C=O) groups is 1. The number of amides is 1. The summed E-state index contributed by atoms with van der Waals surface area (Å²) in [5.74, 6) is 0.00600. The predicted molar refractivity (Wildman–Crippen MR) is 133 cm³/mol. The first-order valence-electron chi connectivity index (χ1n) is 11.1. The summed E-state index contributed by atoms with van der Waals surface area (Å²) in [6, 6.07) is 12.1. The van der Waals surface area contributed by atoms with Crippen molar-refractivity contribution in [2.24, 2.45) is 0 Å². The number of carbonyl (C=O) groups excluding carboxylic acids is 1. The van der Waals surface area contributed by atoms with Gasteiger partial charge in [-0.25, -0.2) is 4.39 Å². The summed E-state index contributed by atoms with van der Waals surface area (Å²) in [7, 11) is 1.58. The fourth-order valence-electron chi connectivity index (χ4n) is 3.80. The minimum absolute atomic E-state index is 0.226. The molecule has 0 radical (unpaired) electrons. The molecular formula is C25H27FN7O2+. The summed E-state index contributed by atoms with van der Waals surface area (Å²) in [6.07, 6.45) is 3.08. The number of H-pyrrole nitrogens is 1. The third-order valence-electron chi connectivity index (χ3n) is 5.55. The van der Waals surface area contributed by atoms with E-state index in [1.165, 1.54) is 18.3 Å². The van der Waals surface area contributed by atoms with E-state index >= 15 is 0 Å². The lowest BCUT2D eigenvalue weighted by atomic mass is 10.1. The number of nitrogens with zero attached hydrogens (tertiary/aromatic N) is 2. The SMILES string of the molecule is COCCNC(=O)c1[nH]c2cnnc(Nc3ccc(NCc4cccc(F)c4)c(C=[NH2+])c3)c2c1C. The zero-order valence-electron chi connectivity index (χ0n) is 19.5. The Hall–Kier alpha value is -4.31. The number of hydrogen-bond donors (Lipinski definition) is 5. The van der Waals surface area contributed by atoms with Crippen LogP contribution in [0.1, 0.15) is 27.2 Å². The Bertz CT molecular complexity index is 1370. The van der Waals surface area contributed by atoms with Crippen molar-refractivity contribution in [1.82, 2.24) is 20.5 Å². The first-order valence-corrected chi connectivity index (χ1v) is 11.1. The maximum Gasteiger partial charge on any atom is 0.268 e. The van der Waals surface area contributed by atoms with Crippen LogP contribution in [0.3, 0.4) is 0 Å². The quantitative estimate of drug-likeness (QED) is 0.176. The summed E-state index contributed by atoms with van der Waals surface area (Å²) in [5, 5.41) is 24.3. The molecule has 0 unspecified atom stereocenters. The lowest BCUT2D eigenvalue weighted by Crippen LogP contribution is -2.30. The highest BCUT2D eigenvalue weighted by atomic mass is 19.1. The smallest absolute Gasteiger partial charge is 0.268 e. The van der Waals surface area contributed by atoms with Gasteiger partial charge in [-0.05, 0) is 48.4 Å². The molecule has 1 amide bonds. The molecule has 10 heteroatoms. The molecule has 0 aliphatic rings. The molecule has 4 rings (SSSR count). The van der Waals surface area contributed by atoms with Gasteiger partial charge < -0.3 is 25.7 Å². The second-order valence-corrected chi connectivity index (χ2v) is 7.93. The number of benzene rings is 2. The van der Waals surface area contributed by atoms with E-state index in [2.05, 4.69) is 31.1 Å². The van der Waals surface area contributed by atoms with Gasteiger partial charge in [0.15, 0.2) is 12.0 Å². The van der Waals surface area contributed by atoms with Crippen LogP contribution in [0.4, 0.5) is 21.6 Å². The van der Waals surface area contributed by atoms with Crippen LogP contribution in [0.25, 0.3) is 10.9 Å². The largest absolute Gasteiger partial charge is 0.383 e. The number of hydrogen-bond acceptors (Lipinski definition) is 6. The van der Waals surface area contributed by atoms with Crippen molar-refractivity contribution >= 4 is 40.2 Å². The van der Waals surface area contributed by atoms with Crippen LogP contribution in [0.2, 0.25) is 0 Å². The van der Waals surface area contributed by atoms with Crippen molar-refractivity contribution in [3.63, 3.8) is 0 Å². The molecular weight excluding hydrogens is 449 g/mol. The first-order chi connectivity index (χ1) is 17.0. The zero-order valence-corrected chi connectivity index (χ0v) is 19.5. The average molecular weight is 477 g/mol. The second kappa shape index (κ2) is 10.7. The monoisotopic (exact) mass is 476 g/mol. The molecule has 6 N–H and O–H groups in total. The number of fused-ring (bicyclic) bond motifs is 1. The predicted octanol–water partition coefficient (Wildman–Crippen LogP) is 2.32. The van der Waals surface area contributed by atoms with Gasteiger partial charge >= 0.3 is 0 Å². The van der Waals surface area contributed by atoms with Gasteiger partial charge in [0.05, 0.1) is 23.9 Å². The van der Waals surface area contributed by atoms with Crippen LogP contribution in [0, 0.1) is 12.7 Å². The molecule has 2 heterocycles. The van der Waals surface area contributed by atoms with Gasteiger partial charge in [0.2, 0.25) is 0 Å². The molecule has 2 aromatic heterocycles. The van der Waals surface area contributed by atoms with E-state index in [-0.39, 0.29) is 11.7 Å². The van der Waals surface area contributed by atoms with Crippen LogP contribution < -0.4 is 21.4 Å². The molecule has 0 saturated carbocycles. The van der Waals surface area contributed by atoms with E-state index in [0.29, 0.717) is 36.7 Å². The highest BCUT2D eigenvalue weighted by molar-refractivity contribution is 6.04. The van der Waals surface area contributed by atoms with Crippen LogP contribution in [-0.4, -0.2) is 47.6 Å². The van der Waals surface area contributed by atoms with Crippen LogP contribution in [0.15, 0.2) is 48.7 Å². The van der Waals surface area contributed by atoms with E-state index < -0.39 is 0 Å². The minimum atomic E-state index is -0.277. The van der Waals surface area contributed by atoms with E-state index in [4.69, 9.17) is 10.1 Å².